The van der Waals surface area contributed by atoms with Crippen LogP contribution in [0.5, 0.6) is 0 Å². The van der Waals surface area contributed by atoms with Gasteiger partial charge in [-0.3, -0.25) is 4.79 Å². The van der Waals surface area contributed by atoms with Crippen molar-refractivity contribution in [3.8, 4) is 0 Å². The molecule has 0 aromatic heterocycles. The van der Waals surface area contributed by atoms with Crippen LogP contribution in [0.15, 0.2) is 22.7 Å². The maximum atomic E-state index is 13.1. The molecule has 0 N–H and O–H groups in total. The summed E-state index contributed by atoms with van der Waals surface area (Å²) < 4.78 is 13.8. The second-order valence-corrected chi connectivity index (χ2v) is 7.55. The molecule has 3 unspecified atom stereocenters. The predicted molar refractivity (Wildman–Crippen MR) is 85.6 cm³/mol. The van der Waals surface area contributed by atoms with Crippen LogP contribution in [0, 0.1) is 23.6 Å². The number of benzene rings is 1. The summed E-state index contributed by atoms with van der Waals surface area (Å²) in [4.78, 5) is 12.6. The van der Waals surface area contributed by atoms with Crippen molar-refractivity contribution in [2.45, 2.75) is 51.4 Å². The first kappa shape index (κ1) is 15.2. The fourth-order valence-electron chi connectivity index (χ4n) is 4.16. The van der Waals surface area contributed by atoms with Crippen LogP contribution in [0.25, 0.3) is 0 Å². The Bertz CT molecular complexity index is 528. The minimum Gasteiger partial charge on any atom is -0.299 e. The van der Waals surface area contributed by atoms with E-state index in [1.807, 2.05) is 0 Å². The Morgan fingerprint density at radius 2 is 1.90 bits per heavy atom. The summed E-state index contributed by atoms with van der Waals surface area (Å²) in [5, 5.41) is 0. The first-order chi connectivity index (χ1) is 10.1. The third-order valence-electron chi connectivity index (χ3n) is 5.37. The van der Waals surface area contributed by atoms with Gasteiger partial charge in [0.2, 0.25) is 0 Å². The number of Topliss-reactive ketones (excluding diaryl/α,β-unsaturated/α-hetero) is 1. The van der Waals surface area contributed by atoms with E-state index >= 15 is 0 Å². The average Bonchev–Trinajstić information content (AvgIpc) is 2.49. The molecular formula is C18H22BrFO. The lowest BCUT2D eigenvalue weighted by Crippen LogP contribution is -2.31. The van der Waals surface area contributed by atoms with Crippen molar-refractivity contribution in [2.75, 3.05) is 0 Å². The summed E-state index contributed by atoms with van der Waals surface area (Å²) in [6, 6.07) is 4.61. The van der Waals surface area contributed by atoms with E-state index in [0.717, 1.165) is 30.2 Å². The SMILES string of the molecule is O=C(Cc1ccc(F)cc1Br)C1CCC2CCCCC2C1. The van der Waals surface area contributed by atoms with E-state index in [2.05, 4.69) is 15.9 Å². The van der Waals surface area contributed by atoms with E-state index in [1.54, 1.807) is 6.07 Å². The predicted octanol–water partition coefficient (Wildman–Crippen LogP) is 5.31. The van der Waals surface area contributed by atoms with E-state index in [9.17, 15) is 9.18 Å². The summed E-state index contributed by atoms with van der Waals surface area (Å²) >= 11 is 3.36. The van der Waals surface area contributed by atoms with Crippen molar-refractivity contribution in [1.29, 1.82) is 0 Å². The van der Waals surface area contributed by atoms with Gasteiger partial charge >= 0.3 is 0 Å². The smallest absolute Gasteiger partial charge is 0.140 e. The highest BCUT2D eigenvalue weighted by Gasteiger charge is 2.34. The molecule has 0 spiro atoms. The van der Waals surface area contributed by atoms with Gasteiger partial charge in [0, 0.05) is 16.8 Å². The summed E-state index contributed by atoms with van der Waals surface area (Å²) in [7, 11) is 0. The first-order valence-electron chi connectivity index (χ1n) is 8.10. The number of carbonyl (C=O) groups excluding carboxylic acids is 1. The van der Waals surface area contributed by atoms with Gasteiger partial charge in [-0.1, -0.05) is 47.7 Å². The Balaban J connectivity index is 1.63. The fraction of sp³-hybridized carbons (Fsp3) is 0.611. The molecule has 3 atom stereocenters. The van der Waals surface area contributed by atoms with Gasteiger partial charge in [-0.2, -0.15) is 0 Å². The molecule has 2 saturated carbocycles. The number of hydrogen-bond acceptors (Lipinski definition) is 1. The Kier molecular flexibility index (Phi) is 4.78. The van der Waals surface area contributed by atoms with Crippen LogP contribution in [0.3, 0.4) is 0 Å². The molecule has 114 valence electrons. The molecule has 0 amide bonds. The van der Waals surface area contributed by atoms with Crippen molar-refractivity contribution >= 4 is 21.7 Å². The number of carbonyl (C=O) groups is 1. The quantitative estimate of drug-likeness (QED) is 0.720. The topological polar surface area (TPSA) is 17.1 Å². The molecule has 1 aromatic rings. The lowest BCUT2D eigenvalue weighted by atomic mass is 9.66. The van der Waals surface area contributed by atoms with Crippen LogP contribution in [-0.2, 0) is 11.2 Å². The minimum atomic E-state index is -0.263. The van der Waals surface area contributed by atoms with Crippen LogP contribution in [0.4, 0.5) is 4.39 Å². The van der Waals surface area contributed by atoms with Crippen molar-refractivity contribution in [2.24, 2.45) is 17.8 Å². The number of hydrogen-bond donors (Lipinski definition) is 0. The van der Waals surface area contributed by atoms with E-state index in [4.69, 9.17) is 0 Å². The van der Waals surface area contributed by atoms with Crippen LogP contribution >= 0.6 is 15.9 Å². The first-order valence-corrected chi connectivity index (χ1v) is 8.89. The highest BCUT2D eigenvalue weighted by Crippen LogP contribution is 2.43. The largest absolute Gasteiger partial charge is 0.299 e. The molecule has 0 radical (unpaired) electrons. The Hall–Kier alpha value is -0.700. The molecule has 3 rings (SSSR count). The summed E-state index contributed by atoms with van der Waals surface area (Å²) in [6.45, 7) is 0. The molecule has 21 heavy (non-hydrogen) atoms. The maximum absolute atomic E-state index is 13.1. The molecular weight excluding hydrogens is 331 g/mol. The zero-order chi connectivity index (χ0) is 14.8. The van der Waals surface area contributed by atoms with Gasteiger partial charge in [0.15, 0.2) is 0 Å². The standard InChI is InChI=1S/C18H22BrFO/c19-17-11-16(20)8-7-14(17)10-18(21)15-6-5-12-3-1-2-4-13(12)9-15/h7-8,11-13,15H,1-6,9-10H2. The molecule has 3 heteroatoms. The van der Waals surface area contributed by atoms with E-state index in [-0.39, 0.29) is 11.7 Å². The number of rotatable bonds is 3. The van der Waals surface area contributed by atoms with Gasteiger partial charge < -0.3 is 0 Å². The van der Waals surface area contributed by atoms with Crippen LogP contribution in [0.1, 0.15) is 50.5 Å². The van der Waals surface area contributed by atoms with Crippen LogP contribution in [-0.4, -0.2) is 5.78 Å². The second-order valence-electron chi connectivity index (χ2n) is 6.69. The van der Waals surface area contributed by atoms with Crippen LogP contribution < -0.4 is 0 Å². The Labute approximate surface area is 134 Å². The molecule has 0 saturated heterocycles. The summed E-state index contributed by atoms with van der Waals surface area (Å²) in [5.74, 6) is 1.95. The van der Waals surface area contributed by atoms with Gasteiger partial charge in [0.25, 0.3) is 0 Å². The Morgan fingerprint density at radius 3 is 2.67 bits per heavy atom. The van der Waals surface area contributed by atoms with Crippen molar-refractivity contribution in [3.05, 3.63) is 34.1 Å². The Morgan fingerprint density at radius 1 is 1.14 bits per heavy atom. The average molecular weight is 353 g/mol. The molecule has 0 bridgehead atoms. The minimum absolute atomic E-state index is 0.223. The molecule has 0 heterocycles. The third kappa shape index (κ3) is 3.56. The number of ketones is 1. The second kappa shape index (κ2) is 6.60. The molecule has 1 nitrogen and oxygen atoms in total. The number of halogens is 2. The zero-order valence-corrected chi connectivity index (χ0v) is 13.9. The van der Waals surface area contributed by atoms with E-state index < -0.39 is 0 Å². The van der Waals surface area contributed by atoms with Crippen LogP contribution in [0.2, 0.25) is 0 Å². The highest BCUT2D eigenvalue weighted by atomic mass is 79.9. The number of fused-ring (bicyclic) bond motifs is 1. The van der Waals surface area contributed by atoms with E-state index in [0.29, 0.717) is 16.7 Å². The van der Waals surface area contributed by atoms with E-state index in [1.165, 1.54) is 44.2 Å². The van der Waals surface area contributed by atoms with Crippen molar-refractivity contribution in [1.82, 2.24) is 0 Å². The molecule has 0 aliphatic heterocycles. The maximum Gasteiger partial charge on any atom is 0.140 e. The summed E-state index contributed by atoms with van der Waals surface area (Å²) in [5.41, 5.74) is 0.909. The van der Waals surface area contributed by atoms with Crippen molar-refractivity contribution < 1.29 is 9.18 Å². The summed E-state index contributed by atoms with van der Waals surface area (Å²) in [6.07, 6.45) is 9.20. The highest BCUT2D eigenvalue weighted by molar-refractivity contribution is 9.10. The monoisotopic (exact) mass is 352 g/mol. The normalized spacial score (nSPS) is 29.0. The third-order valence-corrected chi connectivity index (χ3v) is 6.11. The lowest BCUT2D eigenvalue weighted by Gasteiger charge is -2.38. The molecule has 2 aliphatic carbocycles. The fourth-order valence-corrected chi connectivity index (χ4v) is 4.65. The zero-order valence-electron chi connectivity index (χ0n) is 12.3. The lowest BCUT2D eigenvalue weighted by molar-refractivity contribution is -0.124. The van der Waals surface area contributed by atoms with Gasteiger partial charge in [0.1, 0.15) is 11.6 Å². The molecule has 2 fully saturated rings. The van der Waals surface area contributed by atoms with Gasteiger partial charge in [-0.25, -0.2) is 4.39 Å². The molecule has 2 aliphatic rings. The van der Waals surface area contributed by atoms with Gasteiger partial charge in [-0.15, -0.1) is 0 Å². The molecule has 1 aromatic carbocycles. The van der Waals surface area contributed by atoms with Gasteiger partial charge in [-0.05, 0) is 48.8 Å². The van der Waals surface area contributed by atoms with Gasteiger partial charge in [0.05, 0.1) is 0 Å². The van der Waals surface area contributed by atoms with Crippen molar-refractivity contribution in [3.63, 3.8) is 0 Å².